The molecule has 0 aliphatic rings. The standard InChI is InChI=1S/C17H19NO2/c1-12-6-7-15(8-13(12)2)11-18-10-14-4-3-5-16(9-14)17(19)20/h3-9,18H,10-11H2,1-2H3,(H,19,20). The van der Waals surface area contributed by atoms with Gasteiger partial charge in [-0.15, -0.1) is 0 Å². The zero-order chi connectivity index (χ0) is 14.5. The summed E-state index contributed by atoms with van der Waals surface area (Å²) >= 11 is 0. The average Bonchev–Trinajstić information content (AvgIpc) is 2.43. The number of aryl methyl sites for hydroxylation is 2. The summed E-state index contributed by atoms with van der Waals surface area (Å²) in [5.41, 5.74) is 5.13. The van der Waals surface area contributed by atoms with Gasteiger partial charge in [-0.2, -0.15) is 0 Å². The van der Waals surface area contributed by atoms with Crippen LogP contribution < -0.4 is 5.32 Å². The van der Waals surface area contributed by atoms with Crippen LogP contribution in [0.4, 0.5) is 0 Å². The van der Waals surface area contributed by atoms with Crippen LogP contribution in [0.2, 0.25) is 0 Å². The second kappa shape index (κ2) is 6.35. The number of aromatic carboxylic acids is 1. The molecule has 0 bridgehead atoms. The topological polar surface area (TPSA) is 49.3 Å². The Morgan fingerprint density at radius 3 is 2.35 bits per heavy atom. The summed E-state index contributed by atoms with van der Waals surface area (Å²) in [4.78, 5) is 10.9. The molecule has 0 spiro atoms. The van der Waals surface area contributed by atoms with Crippen LogP contribution in [0.3, 0.4) is 0 Å². The van der Waals surface area contributed by atoms with Gasteiger partial charge in [0.1, 0.15) is 0 Å². The molecule has 0 heterocycles. The summed E-state index contributed by atoms with van der Waals surface area (Å²) < 4.78 is 0. The highest BCUT2D eigenvalue weighted by Gasteiger charge is 2.03. The maximum absolute atomic E-state index is 10.9. The number of nitrogens with one attached hydrogen (secondary N) is 1. The minimum absolute atomic E-state index is 0.329. The fourth-order valence-corrected chi connectivity index (χ4v) is 2.08. The summed E-state index contributed by atoms with van der Waals surface area (Å²) in [5, 5.41) is 12.3. The first-order chi connectivity index (χ1) is 9.56. The van der Waals surface area contributed by atoms with E-state index in [9.17, 15) is 4.79 Å². The molecule has 2 aromatic rings. The minimum Gasteiger partial charge on any atom is -0.478 e. The molecule has 0 atom stereocenters. The molecule has 3 heteroatoms. The quantitative estimate of drug-likeness (QED) is 0.875. The lowest BCUT2D eigenvalue weighted by Crippen LogP contribution is -2.13. The van der Waals surface area contributed by atoms with Crippen molar-refractivity contribution in [3.63, 3.8) is 0 Å². The zero-order valence-electron chi connectivity index (χ0n) is 11.8. The first-order valence-electron chi connectivity index (χ1n) is 6.65. The molecule has 0 unspecified atom stereocenters. The summed E-state index contributed by atoms with van der Waals surface area (Å²) in [7, 11) is 0. The van der Waals surface area contributed by atoms with Crippen LogP contribution in [-0.4, -0.2) is 11.1 Å². The monoisotopic (exact) mass is 269 g/mol. The number of benzene rings is 2. The molecule has 2 rings (SSSR count). The molecule has 2 aromatic carbocycles. The molecule has 0 amide bonds. The van der Waals surface area contributed by atoms with E-state index in [1.165, 1.54) is 16.7 Å². The molecule has 0 aromatic heterocycles. The molecular weight excluding hydrogens is 250 g/mol. The Labute approximate surface area is 119 Å². The lowest BCUT2D eigenvalue weighted by molar-refractivity contribution is 0.0696. The highest BCUT2D eigenvalue weighted by molar-refractivity contribution is 5.87. The van der Waals surface area contributed by atoms with E-state index in [0.29, 0.717) is 12.1 Å². The van der Waals surface area contributed by atoms with Crippen LogP contribution in [0.1, 0.15) is 32.6 Å². The average molecular weight is 269 g/mol. The number of carboxylic acids is 1. The van der Waals surface area contributed by atoms with Crippen molar-refractivity contribution in [2.45, 2.75) is 26.9 Å². The van der Waals surface area contributed by atoms with E-state index in [4.69, 9.17) is 5.11 Å². The Morgan fingerprint density at radius 1 is 1.00 bits per heavy atom. The van der Waals surface area contributed by atoms with Crippen LogP contribution in [-0.2, 0) is 13.1 Å². The molecule has 0 saturated heterocycles. The summed E-state index contributed by atoms with van der Waals surface area (Å²) in [6, 6.07) is 13.4. The van der Waals surface area contributed by atoms with Gasteiger partial charge in [-0.25, -0.2) is 4.79 Å². The molecule has 0 aliphatic carbocycles. The Hall–Kier alpha value is -2.13. The zero-order valence-corrected chi connectivity index (χ0v) is 11.8. The van der Waals surface area contributed by atoms with Crippen molar-refractivity contribution in [2.24, 2.45) is 0 Å². The smallest absolute Gasteiger partial charge is 0.335 e. The van der Waals surface area contributed by atoms with Crippen LogP contribution in [0.25, 0.3) is 0 Å². The largest absolute Gasteiger partial charge is 0.478 e. The van der Waals surface area contributed by atoms with Crippen LogP contribution in [0.15, 0.2) is 42.5 Å². The van der Waals surface area contributed by atoms with Crippen molar-refractivity contribution in [1.82, 2.24) is 5.32 Å². The Balaban J connectivity index is 1.94. The van der Waals surface area contributed by atoms with Gasteiger partial charge in [0.15, 0.2) is 0 Å². The van der Waals surface area contributed by atoms with Gasteiger partial charge in [0.2, 0.25) is 0 Å². The summed E-state index contributed by atoms with van der Waals surface area (Å²) in [5.74, 6) is -0.888. The molecule has 0 radical (unpaired) electrons. The minimum atomic E-state index is -0.888. The highest BCUT2D eigenvalue weighted by Crippen LogP contribution is 2.10. The van der Waals surface area contributed by atoms with E-state index >= 15 is 0 Å². The molecule has 104 valence electrons. The van der Waals surface area contributed by atoms with Crippen molar-refractivity contribution < 1.29 is 9.90 Å². The predicted molar refractivity (Wildman–Crippen MR) is 79.9 cm³/mol. The van der Waals surface area contributed by atoms with Gasteiger partial charge in [0.05, 0.1) is 5.56 Å². The van der Waals surface area contributed by atoms with Gasteiger partial charge in [-0.3, -0.25) is 0 Å². The lowest BCUT2D eigenvalue weighted by Gasteiger charge is -2.08. The maximum atomic E-state index is 10.9. The summed E-state index contributed by atoms with van der Waals surface area (Å²) in [6.07, 6.45) is 0. The third kappa shape index (κ3) is 3.68. The van der Waals surface area contributed by atoms with Crippen molar-refractivity contribution in [3.8, 4) is 0 Å². The van der Waals surface area contributed by atoms with Gasteiger partial charge in [0.25, 0.3) is 0 Å². The van der Waals surface area contributed by atoms with Crippen LogP contribution in [0.5, 0.6) is 0 Å². The Morgan fingerprint density at radius 2 is 1.70 bits per heavy atom. The van der Waals surface area contributed by atoms with Gasteiger partial charge in [-0.05, 0) is 48.2 Å². The SMILES string of the molecule is Cc1ccc(CNCc2cccc(C(=O)O)c2)cc1C. The molecule has 0 saturated carbocycles. The summed E-state index contributed by atoms with van der Waals surface area (Å²) in [6.45, 7) is 5.64. The maximum Gasteiger partial charge on any atom is 0.335 e. The molecule has 2 N–H and O–H groups in total. The number of carboxylic acid groups (broad SMARTS) is 1. The van der Waals surface area contributed by atoms with E-state index in [2.05, 4.69) is 37.4 Å². The number of hydrogen-bond acceptors (Lipinski definition) is 2. The van der Waals surface area contributed by atoms with E-state index in [1.54, 1.807) is 18.2 Å². The second-order valence-electron chi connectivity index (χ2n) is 5.03. The van der Waals surface area contributed by atoms with Crippen molar-refractivity contribution in [1.29, 1.82) is 0 Å². The third-order valence-corrected chi connectivity index (χ3v) is 3.40. The lowest BCUT2D eigenvalue weighted by atomic mass is 10.1. The van der Waals surface area contributed by atoms with Gasteiger partial charge >= 0.3 is 5.97 Å². The van der Waals surface area contributed by atoms with Crippen LogP contribution >= 0.6 is 0 Å². The van der Waals surface area contributed by atoms with E-state index in [-0.39, 0.29) is 0 Å². The fraction of sp³-hybridized carbons (Fsp3) is 0.235. The van der Waals surface area contributed by atoms with Crippen molar-refractivity contribution in [2.75, 3.05) is 0 Å². The van der Waals surface area contributed by atoms with Gasteiger partial charge in [0, 0.05) is 13.1 Å². The van der Waals surface area contributed by atoms with Gasteiger partial charge < -0.3 is 10.4 Å². The molecule has 0 aliphatic heterocycles. The Bertz CT molecular complexity index is 620. The molecule has 0 fully saturated rings. The normalized spacial score (nSPS) is 10.5. The van der Waals surface area contributed by atoms with Crippen LogP contribution in [0, 0.1) is 13.8 Å². The first kappa shape index (κ1) is 14.3. The fourth-order valence-electron chi connectivity index (χ4n) is 2.08. The van der Waals surface area contributed by atoms with Gasteiger partial charge in [-0.1, -0.05) is 30.3 Å². The van der Waals surface area contributed by atoms with Crippen molar-refractivity contribution >= 4 is 5.97 Å². The van der Waals surface area contributed by atoms with E-state index in [0.717, 1.165) is 12.1 Å². The molecule has 3 nitrogen and oxygen atoms in total. The predicted octanol–water partition coefficient (Wildman–Crippen LogP) is 3.29. The first-order valence-corrected chi connectivity index (χ1v) is 6.65. The third-order valence-electron chi connectivity index (χ3n) is 3.40. The molecule has 20 heavy (non-hydrogen) atoms. The number of hydrogen-bond donors (Lipinski definition) is 2. The highest BCUT2D eigenvalue weighted by atomic mass is 16.4. The Kier molecular flexibility index (Phi) is 4.53. The van der Waals surface area contributed by atoms with Crippen molar-refractivity contribution in [3.05, 3.63) is 70.3 Å². The second-order valence-corrected chi connectivity index (χ2v) is 5.03. The van der Waals surface area contributed by atoms with E-state index in [1.807, 2.05) is 6.07 Å². The number of carbonyl (C=O) groups is 1. The molecular formula is C17H19NO2. The number of rotatable bonds is 5. The van der Waals surface area contributed by atoms with E-state index < -0.39 is 5.97 Å².